The summed E-state index contributed by atoms with van der Waals surface area (Å²) in [5, 5.41) is 11.7. The molecule has 1 saturated carbocycles. The number of nitrogens with two attached hydrogens (primary N) is 1. The summed E-state index contributed by atoms with van der Waals surface area (Å²) in [6, 6.07) is -0.509. The molecule has 0 aromatic rings. The third-order valence-corrected chi connectivity index (χ3v) is 3.15. The highest BCUT2D eigenvalue weighted by atomic mass is 16.4. The van der Waals surface area contributed by atoms with E-state index in [0.717, 1.165) is 12.8 Å². The summed E-state index contributed by atoms with van der Waals surface area (Å²) in [5.41, 5.74) is 5.60. The van der Waals surface area contributed by atoms with Crippen LogP contribution in [0, 0.1) is 5.92 Å². The van der Waals surface area contributed by atoms with Gasteiger partial charge in [-0.25, -0.2) is 0 Å². The van der Waals surface area contributed by atoms with Gasteiger partial charge in [0, 0.05) is 6.04 Å². The van der Waals surface area contributed by atoms with Crippen molar-refractivity contribution in [3.63, 3.8) is 0 Å². The molecule has 4 N–H and O–H groups in total. The number of aliphatic carboxylic acids is 1. The Morgan fingerprint density at radius 2 is 2.19 bits per heavy atom. The second-order valence-electron chi connectivity index (χ2n) is 4.42. The van der Waals surface area contributed by atoms with Crippen LogP contribution in [0.15, 0.2) is 0 Å². The van der Waals surface area contributed by atoms with E-state index in [-0.39, 0.29) is 17.9 Å². The quantitative estimate of drug-likeness (QED) is 0.652. The fourth-order valence-electron chi connectivity index (χ4n) is 2.04. The molecule has 1 aliphatic carbocycles. The van der Waals surface area contributed by atoms with Gasteiger partial charge in [0.15, 0.2) is 0 Å². The molecule has 92 valence electrons. The first-order valence-electron chi connectivity index (χ1n) is 5.83. The first-order valence-corrected chi connectivity index (χ1v) is 5.83. The molecule has 0 heterocycles. The molecular weight excluding hydrogens is 208 g/mol. The van der Waals surface area contributed by atoms with Crippen LogP contribution in [0.3, 0.4) is 0 Å². The first-order chi connectivity index (χ1) is 7.54. The zero-order valence-electron chi connectivity index (χ0n) is 9.61. The minimum Gasteiger partial charge on any atom is -0.481 e. The van der Waals surface area contributed by atoms with Gasteiger partial charge in [0.1, 0.15) is 0 Å². The number of carboxylic acids is 1. The highest BCUT2D eigenvalue weighted by molar-refractivity contribution is 5.81. The fourth-order valence-corrected chi connectivity index (χ4v) is 2.04. The van der Waals surface area contributed by atoms with Gasteiger partial charge in [-0.05, 0) is 25.7 Å². The Morgan fingerprint density at radius 1 is 1.50 bits per heavy atom. The highest BCUT2D eigenvalue weighted by Crippen LogP contribution is 2.24. The molecule has 2 unspecified atom stereocenters. The maximum absolute atomic E-state index is 11.5. The minimum absolute atomic E-state index is 0.0278. The molecule has 1 fully saturated rings. The zero-order valence-corrected chi connectivity index (χ0v) is 9.61. The molecule has 0 bridgehead atoms. The van der Waals surface area contributed by atoms with E-state index in [9.17, 15) is 9.59 Å². The van der Waals surface area contributed by atoms with Crippen molar-refractivity contribution < 1.29 is 14.7 Å². The van der Waals surface area contributed by atoms with Crippen LogP contribution in [-0.2, 0) is 9.59 Å². The molecule has 5 heteroatoms. The average Bonchev–Trinajstić information content (AvgIpc) is 2.28. The Labute approximate surface area is 95.4 Å². The maximum Gasteiger partial charge on any atom is 0.306 e. The summed E-state index contributed by atoms with van der Waals surface area (Å²) in [7, 11) is 0. The summed E-state index contributed by atoms with van der Waals surface area (Å²) in [6.45, 7) is 1.85. The third-order valence-electron chi connectivity index (χ3n) is 3.15. The van der Waals surface area contributed by atoms with Crippen LogP contribution in [0.1, 0.15) is 39.0 Å². The Morgan fingerprint density at radius 3 is 2.75 bits per heavy atom. The normalized spacial score (nSPS) is 27.1. The number of amides is 1. The van der Waals surface area contributed by atoms with Crippen LogP contribution in [0.2, 0.25) is 0 Å². The number of carbonyl (C=O) groups is 2. The third kappa shape index (κ3) is 3.48. The van der Waals surface area contributed by atoms with Crippen LogP contribution >= 0.6 is 0 Å². The summed E-state index contributed by atoms with van der Waals surface area (Å²) in [6.07, 6.45) is 3.54. The maximum atomic E-state index is 11.5. The Bertz CT molecular complexity index is 268. The van der Waals surface area contributed by atoms with Crippen molar-refractivity contribution in [1.29, 1.82) is 0 Å². The first kappa shape index (κ1) is 13.0. The lowest BCUT2D eigenvalue weighted by atomic mass is 9.85. The Kier molecular flexibility index (Phi) is 4.73. The van der Waals surface area contributed by atoms with E-state index in [1.165, 1.54) is 0 Å². The van der Waals surface area contributed by atoms with E-state index >= 15 is 0 Å². The van der Waals surface area contributed by atoms with Crippen molar-refractivity contribution >= 4 is 11.9 Å². The van der Waals surface area contributed by atoms with Crippen molar-refractivity contribution in [1.82, 2.24) is 5.32 Å². The highest BCUT2D eigenvalue weighted by Gasteiger charge is 2.28. The molecule has 0 aliphatic heterocycles. The fraction of sp³-hybridized carbons (Fsp3) is 0.818. The van der Waals surface area contributed by atoms with E-state index in [4.69, 9.17) is 10.8 Å². The number of rotatable bonds is 4. The molecule has 0 aromatic carbocycles. The molecule has 0 radical (unpaired) electrons. The number of hydrogen-bond acceptors (Lipinski definition) is 3. The summed E-state index contributed by atoms with van der Waals surface area (Å²) in [4.78, 5) is 22.4. The van der Waals surface area contributed by atoms with Gasteiger partial charge >= 0.3 is 5.97 Å². The predicted octanol–water partition coefficient (Wildman–Crippen LogP) is 0.483. The minimum atomic E-state index is -0.765. The largest absolute Gasteiger partial charge is 0.481 e. The molecule has 3 atom stereocenters. The Balaban J connectivity index is 2.43. The van der Waals surface area contributed by atoms with Crippen LogP contribution in [0.4, 0.5) is 0 Å². The van der Waals surface area contributed by atoms with Crippen molar-refractivity contribution in [2.75, 3.05) is 0 Å². The number of carbonyl (C=O) groups excluding carboxylic acids is 1. The van der Waals surface area contributed by atoms with Crippen molar-refractivity contribution in [3.05, 3.63) is 0 Å². The van der Waals surface area contributed by atoms with E-state index < -0.39 is 12.0 Å². The van der Waals surface area contributed by atoms with E-state index in [2.05, 4.69) is 5.32 Å². The van der Waals surface area contributed by atoms with Crippen molar-refractivity contribution in [3.8, 4) is 0 Å². The van der Waals surface area contributed by atoms with E-state index in [0.29, 0.717) is 19.3 Å². The average molecular weight is 228 g/mol. The second kappa shape index (κ2) is 5.84. The number of carboxylic acid groups (broad SMARTS) is 1. The summed E-state index contributed by atoms with van der Waals surface area (Å²) >= 11 is 0. The van der Waals surface area contributed by atoms with Gasteiger partial charge in [-0.15, -0.1) is 0 Å². The molecule has 0 saturated heterocycles. The topological polar surface area (TPSA) is 92.4 Å². The molecule has 0 aromatic heterocycles. The Hall–Kier alpha value is -1.10. The van der Waals surface area contributed by atoms with Gasteiger partial charge in [-0.3, -0.25) is 9.59 Å². The van der Waals surface area contributed by atoms with Crippen LogP contribution in [0.25, 0.3) is 0 Å². The van der Waals surface area contributed by atoms with Gasteiger partial charge in [0.25, 0.3) is 0 Å². The molecule has 1 aliphatic rings. The van der Waals surface area contributed by atoms with Gasteiger partial charge in [0.05, 0.1) is 12.0 Å². The predicted molar refractivity (Wildman–Crippen MR) is 59.8 cm³/mol. The SMILES string of the molecule is CC[C@H](N)C(=O)NC1CCCC(C(=O)O)C1. The molecule has 16 heavy (non-hydrogen) atoms. The van der Waals surface area contributed by atoms with Crippen LogP contribution in [0.5, 0.6) is 0 Å². The number of nitrogens with one attached hydrogen (secondary N) is 1. The standard InChI is InChI=1S/C11H20N2O3/c1-2-9(12)10(14)13-8-5-3-4-7(6-8)11(15)16/h7-9H,2-6,12H2,1H3,(H,13,14)(H,15,16)/t7?,8?,9-/m0/s1. The molecule has 0 spiro atoms. The van der Waals surface area contributed by atoms with Crippen molar-refractivity contribution in [2.24, 2.45) is 11.7 Å². The smallest absolute Gasteiger partial charge is 0.306 e. The van der Waals surface area contributed by atoms with Gasteiger partial charge in [-0.2, -0.15) is 0 Å². The van der Waals surface area contributed by atoms with Gasteiger partial charge in [0.2, 0.25) is 5.91 Å². The van der Waals surface area contributed by atoms with E-state index in [1.54, 1.807) is 0 Å². The molecule has 1 rings (SSSR count). The number of hydrogen-bond donors (Lipinski definition) is 3. The lowest BCUT2D eigenvalue weighted by Gasteiger charge is -2.28. The molecule has 1 amide bonds. The van der Waals surface area contributed by atoms with E-state index in [1.807, 2.05) is 6.92 Å². The van der Waals surface area contributed by atoms with Crippen LogP contribution in [-0.4, -0.2) is 29.1 Å². The monoisotopic (exact) mass is 228 g/mol. The van der Waals surface area contributed by atoms with Gasteiger partial charge in [-0.1, -0.05) is 13.3 Å². The molecular formula is C11H20N2O3. The zero-order chi connectivity index (χ0) is 12.1. The lowest BCUT2D eigenvalue weighted by molar-refractivity contribution is -0.143. The van der Waals surface area contributed by atoms with Crippen LogP contribution < -0.4 is 11.1 Å². The summed E-state index contributed by atoms with van der Waals surface area (Å²) < 4.78 is 0. The summed E-state index contributed by atoms with van der Waals surface area (Å²) in [5.74, 6) is -1.26. The van der Waals surface area contributed by atoms with Crippen molar-refractivity contribution in [2.45, 2.75) is 51.1 Å². The van der Waals surface area contributed by atoms with Gasteiger partial charge < -0.3 is 16.2 Å². The second-order valence-corrected chi connectivity index (χ2v) is 4.42. The lowest BCUT2D eigenvalue weighted by Crippen LogP contribution is -2.47. The molecule has 5 nitrogen and oxygen atoms in total.